The van der Waals surface area contributed by atoms with Crippen molar-refractivity contribution in [3.05, 3.63) is 53.0 Å². The molecule has 1 heterocycles. The number of pyridine rings is 1. The number of nitrogens with zero attached hydrogens (tertiary/aromatic N) is 1. The van der Waals surface area contributed by atoms with Gasteiger partial charge in [0.1, 0.15) is 17.0 Å². The van der Waals surface area contributed by atoms with Gasteiger partial charge < -0.3 is 9.47 Å². The Bertz CT molecular complexity index is 893. The Balaban J connectivity index is 2.70. The van der Waals surface area contributed by atoms with E-state index < -0.39 is 58.1 Å². The maximum Gasteiger partial charge on any atom is 0.344 e. The highest BCUT2D eigenvalue weighted by Gasteiger charge is 2.32. The van der Waals surface area contributed by atoms with Crippen LogP contribution in [-0.4, -0.2) is 29.1 Å². The zero-order valence-electron chi connectivity index (χ0n) is 15.9. The largest absolute Gasteiger partial charge is 0.462 e. The van der Waals surface area contributed by atoms with Crippen LogP contribution >= 0.6 is 0 Å². The first-order valence-corrected chi connectivity index (χ1v) is 8.56. The second-order valence-corrected chi connectivity index (χ2v) is 6.87. The number of esters is 2. The van der Waals surface area contributed by atoms with Crippen LogP contribution in [0.1, 0.15) is 43.6 Å². The smallest absolute Gasteiger partial charge is 0.344 e. The molecule has 28 heavy (non-hydrogen) atoms. The van der Waals surface area contributed by atoms with Crippen molar-refractivity contribution in [3.8, 4) is 11.3 Å². The lowest BCUT2D eigenvalue weighted by atomic mass is 9.96. The fourth-order valence-corrected chi connectivity index (χ4v) is 2.56. The molecular formula is C20H20F3NO4. The Hall–Kier alpha value is -2.90. The molecule has 0 N–H and O–H groups in total. The number of benzene rings is 1. The SMILES string of the molecule is CCOC(=O)c1c(F)c(F)c(-c2ccccn2)c(CC(=O)OC(C)(C)C)c1F. The fourth-order valence-electron chi connectivity index (χ4n) is 2.56. The van der Waals surface area contributed by atoms with Crippen molar-refractivity contribution in [1.82, 2.24) is 4.98 Å². The summed E-state index contributed by atoms with van der Waals surface area (Å²) in [4.78, 5) is 28.1. The van der Waals surface area contributed by atoms with Crippen LogP contribution < -0.4 is 0 Å². The minimum absolute atomic E-state index is 0.0910. The molecule has 0 aliphatic heterocycles. The van der Waals surface area contributed by atoms with E-state index in [0.717, 1.165) is 0 Å². The highest BCUT2D eigenvalue weighted by molar-refractivity contribution is 5.92. The Labute approximate surface area is 160 Å². The Morgan fingerprint density at radius 3 is 2.29 bits per heavy atom. The molecule has 1 aromatic heterocycles. The van der Waals surface area contributed by atoms with Crippen LogP contribution in [0.15, 0.2) is 24.4 Å². The fraction of sp³-hybridized carbons (Fsp3) is 0.350. The number of carbonyl (C=O) groups is 2. The molecule has 0 saturated heterocycles. The first-order chi connectivity index (χ1) is 13.1. The summed E-state index contributed by atoms with van der Waals surface area (Å²) < 4.78 is 54.2. The summed E-state index contributed by atoms with van der Waals surface area (Å²) in [6.45, 7) is 6.10. The lowest BCUT2D eigenvalue weighted by Crippen LogP contribution is -2.26. The average molecular weight is 395 g/mol. The van der Waals surface area contributed by atoms with Crippen LogP contribution in [0.25, 0.3) is 11.3 Å². The Morgan fingerprint density at radius 1 is 1.07 bits per heavy atom. The molecule has 0 saturated carbocycles. The molecule has 2 aromatic rings. The van der Waals surface area contributed by atoms with E-state index in [1.54, 1.807) is 20.8 Å². The van der Waals surface area contributed by atoms with E-state index >= 15 is 4.39 Å². The lowest BCUT2D eigenvalue weighted by Gasteiger charge is -2.21. The summed E-state index contributed by atoms with van der Waals surface area (Å²) in [6, 6.07) is 4.36. The molecule has 0 radical (unpaired) electrons. The lowest BCUT2D eigenvalue weighted by molar-refractivity contribution is -0.153. The predicted octanol–water partition coefficient (Wildman–Crippen LogP) is 4.23. The number of rotatable bonds is 5. The number of carbonyl (C=O) groups excluding carboxylic acids is 2. The zero-order valence-corrected chi connectivity index (χ0v) is 15.9. The van der Waals surface area contributed by atoms with Crippen LogP contribution in [-0.2, 0) is 20.7 Å². The van der Waals surface area contributed by atoms with Gasteiger partial charge in [0.25, 0.3) is 0 Å². The van der Waals surface area contributed by atoms with Crippen molar-refractivity contribution in [2.24, 2.45) is 0 Å². The molecule has 0 bridgehead atoms. The van der Waals surface area contributed by atoms with Gasteiger partial charge in [0.15, 0.2) is 11.6 Å². The van der Waals surface area contributed by atoms with E-state index in [4.69, 9.17) is 4.74 Å². The van der Waals surface area contributed by atoms with Gasteiger partial charge in [-0.2, -0.15) is 0 Å². The number of hydrogen-bond acceptors (Lipinski definition) is 5. The van der Waals surface area contributed by atoms with E-state index in [1.807, 2.05) is 0 Å². The van der Waals surface area contributed by atoms with Gasteiger partial charge in [0, 0.05) is 17.3 Å². The van der Waals surface area contributed by atoms with E-state index in [2.05, 4.69) is 9.72 Å². The van der Waals surface area contributed by atoms with Gasteiger partial charge in [0.05, 0.1) is 18.7 Å². The highest BCUT2D eigenvalue weighted by atomic mass is 19.2. The second-order valence-electron chi connectivity index (χ2n) is 6.87. The average Bonchev–Trinajstić information content (AvgIpc) is 2.59. The van der Waals surface area contributed by atoms with E-state index in [9.17, 15) is 18.4 Å². The van der Waals surface area contributed by atoms with Gasteiger partial charge in [-0.05, 0) is 39.8 Å². The summed E-state index contributed by atoms with van der Waals surface area (Å²) in [5.41, 5.74) is -3.24. The summed E-state index contributed by atoms with van der Waals surface area (Å²) in [5.74, 6) is -6.83. The Morgan fingerprint density at radius 2 is 1.75 bits per heavy atom. The highest BCUT2D eigenvalue weighted by Crippen LogP contribution is 2.33. The van der Waals surface area contributed by atoms with Crippen molar-refractivity contribution in [2.45, 2.75) is 39.7 Å². The first kappa shape index (κ1) is 21.4. The summed E-state index contributed by atoms with van der Waals surface area (Å²) >= 11 is 0. The number of aromatic nitrogens is 1. The molecule has 150 valence electrons. The third-order valence-corrected chi connectivity index (χ3v) is 3.56. The Kier molecular flexibility index (Phi) is 6.43. The molecule has 0 aliphatic carbocycles. The molecular weight excluding hydrogens is 375 g/mol. The molecule has 0 amide bonds. The van der Waals surface area contributed by atoms with Crippen LogP contribution in [0.4, 0.5) is 13.2 Å². The van der Waals surface area contributed by atoms with Crippen molar-refractivity contribution in [1.29, 1.82) is 0 Å². The molecule has 8 heteroatoms. The van der Waals surface area contributed by atoms with Gasteiger partial charge in [-0.15, -0.1) is 0 Å². The van der Waals surface area contributed by atoms with Gasteiger partial charge >= 0.3 is 11.9 Å². The zero-order chi connectivity index (χ0) is 21.1. The van der Waals surface area contributed by atoms with E-state index in [1.165, 1.54) is 31.3 Å². The molecule has 2 rings (SSSR count). The van der Waals surface area contributed by atoms with Gasteiger partial charge in [-0.3, -0.25) is 9.78 Å². The number of ether oxygens (including phenoxy) is 2. The van der Waals surface area contributed by atoms with E-state index in [-0.39, 0.29) is 12.3 Å². The second kappa shape index (κ2) is 8.41. The topological polar surface area (TPSA) is 65.5 Å². The third kappa shape index (κ3) is 4.68. The van der Waals surface area contributed by atoms with E-state index in [0.29, 0.717) is 0 Å². The molecule has 0 atom stereocenters. The first-order valence-electron chi connectivity index (χ1n) is 8.56. The third-order valence-electron chi connectivity index (χ3n) is 3.56. The van der Waals surface area contributed by atoms with Crippen molar-refractivity contribution in [2.75, 3.05) is 6.61 Å². The van der Waals surface area contributed by atoms with Crippen molar-refractivity contribution >= 4 is 11.9 Å². The summed E-state index contributed by atoms with van der Waals surface area (Å²) in [5, 5.41) is 0. The molecule has 0 aliphatic rings. The maximum atomic E-state index is 15.1. The number of hydrogen-bond donors (Lipinski definition) is 0. The number of halogens is 3. The van der Waals surface area contributed by atoms with Gasteiger partial charge in [-0.25, -0.2) is 18.0 Å². The minimum Gasteiger partial charge on any atom is -0.462 e. The minimum atomic E-state index is -1.70. The summed E-state index contributed by atoms with van der Waals surface area (Å²) in [6.07, 6.45) is 0.583. The van der Waals surface area contributed by atoms with Crippen LogP contribution in [0.3, 0.4) is 0 Å². The maximum absolute atomic E-state index is 15.1. The van der Waals surface area contributed by atoms with Crippen molar-refractivity contribution in [3.63, 3.8) is 0 Å². The monoisotopic (exact) mass is 395 g/mol. The molecule has 5 nitrogen and oxygen atoms in total. The molecule has 0 unspecified atom stereocenters. The standard InChI is InChI=1S/C20H20F3NO4/c1-5-27-19(26)15-16(21)11(10-13(25)28-20(2,3)4)14(17(22)18(15)23)12-8-6-7-9-24-12/h6-9H,5,10H2,1-4H3. The molecule has 0 spiro atoms. The van der Waals surface area contributed by atoms with Gasteiger partial charge in [-0.1, -0.05) is 6.07 Å². The quantitative estimate of drug-likeness (QED) is 0.560. The molecule has 1 aromatic carbocycles. The van der Waals surface area contributed by atoms with Crippen LogP contribution in [0.5, 0.6) is 0 Å². The molecule has 0 fully saturated rings. The van der Waals surface area contributed by atoms with Crippen LogP contribution in [0.2, 0.25) is 0 Å². The van der Waals surface area contributed by atoms with Crippen molar-refractivity contribution < 1.29 is 32.2 Å². The van der Waals surface area contributed by atoms with Crippen LogP contribution in [0, 0.1) is 17.5 Å². The normalized spacial score (nSPS) is 11.2. The van der Waals surface area contributed by atoms with Gasteiger partial charge in [0.2, 0.25) is 0 Å². The predicted molar refractivity (Wildman–Crippen MR) is 95.1 cm³/mol. The summed E-state index contributed by atoms with van der Waals surface area (Å²) in [7, 11) is 0.